The van der Waals surface area contributed by atoms with Crippen molar-refractivity contribution in [2.45, 2.75) is 6.42 Å². The lowest BCUT2D eigenvalue weighted by Crippen LogP contribution is -2.20. The van der Waals surface area contributed by atoms with Crippen LogP contribution in [0.3, 0.4) is 0 Å². The Kier molecular flexibility index (Phi) is 6.10. The molecule has 0 fully saturated rings. The summed E-state index contributed by atoms with van der Waals surface area (Å²) in [7, 11) is 0. The molecule has 1 heterocycles. The summed E-state index contributed by atoms with van der Waals surface area (Å²) >= 11 is 6.11. The van der Waals surface area contributed by atoms with Crippen molar-refractivity contribution in [2.75, 3.05) is 11.9 Å². The molecule has 0 aliphatic heterocycles. The van der Waals surface area contributed by atoms with Crippen LogP contribution >= 0.6 is 11.6 Å². The first-order valence-corrected chi connectivity index (χ1v) is 8.72. The number of carbonyl (C=O) groups excluding carboxylic acids is 2. The molecule has 7 heteroatoms. The third-order valence-electron chi connectivity index (χ3n) is 3.80. The molecule has 1 aromatic heterocycles. The molecule has 0 saturated carbocycles. The highest BCUT2D eigenvalue weighted by atomic mass is 35.5. The van der Waals surface area contributed by atoms with Gasteiger partial charge in [0.15, 0.2) is 6.61 Å². The van der Waals surface area contributed by atoms with Crippen molar-refractivity contribution in [2.24, 2.45) is 0 Å². The second kappa shape index (κ2) is 8.89. The lowest BCUT2D eigenvalue weighted by molar-refractivity contribution is -0.119. The van der Waals surface area contributed by atoms with Gasteiger partial charge in [-0.05, 0) is 42.0 Å². The number of nitrogens with one attached hydrogen (secondary N) is 1. The highest BCUT2D eigenvalue weighted by molar-refractivity contribution is 6.33. The zero-order valence-corrected chi connectivity index (χ0v) is 15.4. The number of nitrogens with zero attached hydrogens (tertiary/aromatic N) is 1. The van der Waals surface area contributed by atoms with Crippen molar-refractivity contribution in [1.82, 2.24) is 0 Å². The van der Waals surface area contributed by atoms with E-state index >= 15 is 0 Å². The van der Waals surface area contributed by atoms with E-state index in [0.29, 0.717) is 28.5 Å². The van der Waals surface area contributed by atoms with Gasteiger partial charge in [0.2, 0.25) is 5.76 Å². The van der Waals surface area contributed by atoms with Gasteiger partial charge in [0.25, 0.3) is 5.91 Å². The van der Waals surface area contributed by atoms with Crippen molar-refractivity contribution in [3.63, 3.8) is 0 Å². The van der Waals surface area contributed by atoms with Crippen molar-refractivity contribution in [3.8, 4) is 17.4 Å². The van der Waals surface area contributed by atoms with Gasteiger partial charge < -0.3 is 14.5 Å². The normalized spacial score (nSPS) is 10.1. The molecule has 3 aromatic rings. The van der Waals surface area contributed by atoms with Gasteiger partial charge in [-0.3, -0.25) is 4.79 Å². The summed E-state index contributed by atoms with van der Waals surface area (Å²) in [5.74, 6) is -0.833. The molecule has 1 amide bonds. The van der Waals surface area contributed by atoms with Crippen LogP contribution in [0.4, 0.5) is 5.69 Å². The number of halogens is 1. The first-order valence-electron chi connectivity index (χ1n) is 8.34. The number of benzene rings is 2. The Labute approximate surface area is 166 Å². The molecule has 0 atom stereocenters. The Morgan fingerprint density at radius 1 is 1.07 bits per heavy atom. The zero-order valence-electron chi connectivity index (χ0n) is 14.6. The Balaban J connectivity index is 1.55. The van der Waals surface area contributed by atoms with Crippen LogP contribution in [-0.4, -0.2) is 18.5 Å². The van der Waals surface area contributed by atoms with Crippen molar-refractivity contribution in [1.29, 1.82) is 5.26 Å². The molecule has 6 nitrogen and oxygen atoms in total. The molecule has 1 N–H and O–H groups in total. The van der Waals surface area contributed by atoms with Gasteiger partial charge in [-0.2, -0.15) is 5.26 Å². The Bertz CT molecular complexity index is 1040. The van der Waals surface area contributed by atoms with Crippen molar-refractivity contribution in [3.05, 3.63) is 77.0 Å². The molecule has 0 bridgehead atoms. The number of furan rings is 1. The summed E-state index contributed by atoms with van der Waals surface area (Å²) in [4.78, 5) is 24.0. The minimum absolute atomic E-state index is 0.0245. The Morgan fingerprint density at radius 3 is 2.54 bits per heavy atom. The molecule has 0 saturated heterocycles. The standard InChI is InChI=1S/C21H15ClN2O4/c22-17-4-2-1-3-16(17)18-9-10-19(28-18)21(26)27-13-20(25)24-15-7-5-14(6-8-15)11-12-23/h1-10H,11,13H2,(H,24,25). The molecule has 3 rings (SSSR count). The van der Waals surface area contributed by atoms with Gasteiger partial charge in [-0.1, -0.05) is 35.9 Å². The monoisotopic (exact) mass is 394 g/mol. The zero-order chi connectivity index (χ0) is 19.9. The van der Waals surface area contributed by atoms with Crippen LogP contribution in [0.25, 0.3) is 11.3 Å². The fraction of sp³-hybridized carbons (Fsp3) is 0.0952. The average Bonchev–Trinajstić information content (AvgIpc) is 3.18. The second-order valence-electron chi connectivity index (χ2n) is 5.80. The summed E-state index contributed by atoms with van der Waals surface area (Å²) in [6, 6.07) is 19.0. The average molecular weight is 395 g/mol. The number of amides is 1. The van der Waals surface area contributed by atoms with Gasteiger partial charge in [0, 0.05) is 11.3 Å². The molecule has 2 aromatic carbocycles. The summed E-state index contributed by atoms with van der Waals surface area (Å²) in [6.07, 6.45) is 0.297. The van der Waals surface area contributed by atoms with Gasteiger partial charge in [0.1, 0.15) is 5.76 Å². The maximum atomic E-state index is 12.1. The number of hydrogen-bond acceptors (Lipinski definition) is 5. The first kappa shape index (κ1) is 19.2. The molecular formula is C21H15ClN2O4. The molecule has 0 radical (unpaired) electrons. The van der Waals surface area contributed by atoms with E-state index in [1.54, 1.807) is 54.6 Å². The molecule has 0 spiro atoms. The number of carbonyl (C=O) groups is 2. The molecule has 0 unspecified atom stereocenters. The van der Waals surface area contributed by atoms with Crippen LogP contribution < -0.4 is 5.32 Å². The highest BCUT2D eigenvalue weighted by Crippen LogP contribution is 2.29. The number of nitriles is 1. The largest absolute Gasteiger partial charge is 0.450 e. The van der Waals surface area contributed by atoms with Crippen molar-refractivity contribution >= 4 is 29.2 Å². The maximum Gasteiger partial charge on any atom is 0.374 e. The van der Waals surface area contributed by atoms with E-state index in [1.807, 2.05) is 6.07 Å². The van der Waals surface area contributed by atoms with Gasteiger partial charge in [-0.25, -0.2) is 4.79 Å². The molecule has 0 aliphatic rings. The molecular weight excluding hydrogens is 380 g/mol. The quantitative estimate of drug-likeness (QED) is 0.623. The number of ether oxygens (including phenoxy) is 1. The van der Waals surface area contributed by atoms with Gasteiger partial charge in [0.05, 0.1) is 17.5 Å². The molecule has 140 valence electrons. The van der Waals surface area contributed by atoms with E-state index < -0.39 is 18.5 Å². The maximum absolute atomic E-state index is 12.1. The first-order chi connectivity index (χ1) is 13.6. The SMILES string of the molecule is N#CCc1ccc(NC(=O)COC(=O)c2ccc(-c3ccccc3Cl)o2)cc1. The lowest BCUT2D eigenvalue weighted by Gasteiger charge is -2.06. The second-order valence-corrected chi connectivity index (χ2v) is 6.21. The molecule has 28 heavy (non-hydrogen) atoms. The van der Waals surface area contributed by atoms with Gasteiger partial charge in [-0.15, -0.1) is 0 Å². The summed E-state index contributed by atoms with van der Waals surface area (Å²) in [5.41, 5.74) is 2.04. The van der Waals surface area contributed by atoms with Gasteiger partial charge >= 0.3 is 5.97 Å². The van der Waals surface area contributed by atoms with Crippen LogP contribution in [0.15, 0.2) is 65.1 Å². The van der Waals surface area contributed by atoms with E-state index in [4.69, 9.17) is 26.0 Å². The third-order valence-corrected chi connectivity index (χ3v) is 4.13. The van der Waals surface area contributed by atoms with Crippen LogP contribution in [0.2, 0.25) is 5.02 Å². The Hall–Kier alpha value is -3.56. The molecule has 0 aliphatic carbocycles. The van der Waals surface area contributed by atoms with E-state index in [1.165, 1.54) is 6.07 Å². The van der Waals surface area contributed by atoms with E-state index in [2.05, 4.69) is 5.32 Å². The number of esters is 1. The van der Waals surface area contributed by atoms with Crippen LogP contribution in [0.1, 0.15) is 16.1 Å². The topological polar surface area (TPSA) is 92.3 Å². The van der Waals surface area contributed by atoms with E-state index in [0.717, 1.165) is 5.56 Å². The Morgan fingerprint density at radius 2 is 1.82 bits per heavy atom. The highest BCUT2D eigenvalue weighted by Gasteiger charge is 2.16. The minimum Gasteiger partial charge on any atom is -0.450 e. The third kappa shape index (κ3) is 4.78. The number of anilines is 1. The fourth-order valence-electron chi connectivity index (χ4n) is 2.45. The van der Waals surface area contributed by atoms with E-state index in [9.17, 15) is 9.59 Å². The van der Waals surface area contributed by atoms with Crippen LogP contribution in [0.5, 0.6) is 0 Å². The smallest absolute Gasteiger partial charge is 0.374 e. The predicted octanol–water partition coefficient (Wildman–Crippen LogP) is 4.46. The summed E-state index contributed by atoms with van der Waals surface area (Å²) in [5, 5.41) is 11.8. The number of rotatable bonds is 6. The lowest BCUT2D eigenvalue weighted by atomic mass is 10.1. The van der Waals surface area contributed by atoms with E-state index in [-0.39, 0.29) is 5.76 Å². The fourth-order valence-corrected chi connectivity index (χ4v) is 2.68. The number of hydrogen-bond donors (Lipinski definition) is 1. The van der Waals surface area contributed by atoms with Crippen molar-refractivity contribution < 1.29 is 18.7 Å². The minimum atomic E-state index is -0.752. The predicted molar refractivity (Wildman–Crippen MR) is 104 cm³/mol. The van der Waals surface area contributed by atoms with Crippen LogP contribution in [0, 0.1) is 11.3 Å². The summed E-state index contributed by atoms with van der Waals surface area (Å²) in [6.45, 7) is -0.457. The van der Waals surface area contributed by atoms with Crippen LogP contribution in [-0.2, 0) is 16.0 Å². The summed E-state index contributed by atoms with van der Waals surface area (Å²) < 4.78 is 10.5.